The summed E-state index contributed by atoms with van der Waals surface area (Å²) in [5, 5.41) is 11.2. The minimum Gasteiger partial charge on any atom is -0.507 e. The number of fused-ring (bicyclic) bond motifs is 1. The minimum absolute atomic E-state index is 0.0143. The number of ether oxygens (including phenoxy) is 3. The third kappa shape index (κ3) is 4.34. The molecule has 0 saturated carbocycles. The largest absolute Gasteiger partial charge is 0.507 e. The van der Waals surface area contributed by atoms with Crippen molar-refractivity contribution < 1.29 is 33.7 Å². The summed E-state index contributed by atoms with van der Waals surface area (Å²) in [7, 11) is 5.15. The number of methoxy groups -OCH3 is 1. The van der Waals surface area contributed by atoms with E-state index >= 15 is 0 Å². The summed E-state index contributed by atoms with van der Waals surface area (Å²) >= 11 is 0. The van der Waals surface area contributed by atoms with Gasteiger partial charge >= 0.3 is 5.97 Å². The Kier molecular flexibility index (Phi) is 6.56. The lowest BCUT2D eigenvalue weighted by Gasteiger charge is -2.26. The fourth-order valence-corrected chi connectivity index (χ4v) is 4.13. The van der Waals surface area contributed by atoms with E-state index in [-0.39, 0.29) is 18.1 Å². The average Bonchev–Trinajstić information content (AvgIpc) is 3.40. The molecular weight excluding hydrogens is 440 g/mol. The van der Waals surface area contributed by atoms with Crippen molar-refractivity contribution in [3.8, 4) is 11.5 Å². The first-order chi connectivity index (χ1) is 16.3. The van der Waals surface area contributed by atoms with Gasteiger partial charge in [0.05, 0.1) is 24.3 Å². The molecule has 0 bridgehead atoms. The average molecular weight is 466 g/mol. The second-order valence-corrected chi connectivity index (χ2v) is 8.33. The highest BCUT2D eigenvalue weighted by Gasteiger charge is 2.45. The molecule has 0 spiro atoms. The maximum absolute atomic E-state index is 13.1. The summed E-state index contributed by atoms with van der Waals surface area (Å²) in [5.41, 5.74) is 1.26. The van der Waals surface area contributed by atoms with E-state index in [0.29, 0.717) is 41.2 Å². The van der Waals surface area contributed by atoms with Crippen molar-refractivity contribution in [2.24, 2.45) is 0 Å². The van der Waals surface area contributed by atoms with E-state index in [1.54, 1.807) is 42.5 Å². The molecule has 1 amide bonds. The number of esters is 1. The fraction of sp³-hybridized carbons (Fsp3) is 0.320. The zero-order chi connectivity index (χ0) is 24.4. The molecular formula is C25H26N2O7. The molecule has 2 heterocycles. The summed E-state index contributed by atoms with van der Waals surface area (Å²) < 4.78 is 15.5. The number of hydrogen-bond acceptors (Lipinski definition) is 8. The molecule has 34 heavy (non-hydrogen) atoms. The molecule has 1 N–H and O–H groups in total. The molecule has 2 aromatic rings. The summed E-state index contributed by atoms with van der Waals surface area (Å²) in [5.74, 6) is -1.25. The fourth-order valence-electron chi connectivity index (χ4n) is 4.13. The number of aliphatic hydroxyl groups is 1. The molecule has 178 valence electrons. The zero-order valence-corrected chi connectivity index (χ0v) is 19.2. The summed E-state index contributed by atoms with van der Waals surface area (Å²) in [6, 6.07) is 10.5. The topological polar surface area (TPSA) is 106 Å². The Morgan fingerprint density at radius 3 is 2.44 bits per heavy atom. The molecule has 2 aliphatic heterocycles. The number of amides is 1. The summed E-state index contributed by atoms with van der Waals surface area (Å²) in [6.45, 7) is 1.12. The van der Waals surface area contributed by atoms with Gasteiger partial charge in [-0.05, 0) is 63.0 Å². The Labute approximate surface area is 197 Å². The Bertz CT molecular complexity index is 1150. The number of ketones is 1. The van der Waals surface area contributed by atoms with Crippen LogP contribution in [0.2, 0.25) is 0 Å². The van der Waals surface area contributed by atoms with Gasteiger partial charge < -0.3 is 29.1 Å². The molecule has 1 unspecified atom stereocenters. The Balaban J connectivity index is 1.77. The molecule has 4 rings (SSSR count). The minimum atomic E-state index is -0.806. The van der Waals surface area contributed by atoms with Gasteiger partial charge in [-0.2, -0.15) is 0 Å². The van der Waals surface area contributed by atoms with Crippen molar-refractivity contribution in [2.75, 3.05) is 41.1 Å². The first kappa shape index (κ1) is 23.3. The van der Waals surface area contributed by atoms with Gasteiger partial charge in [0.15, 0.2) is 11.5 Å². The number of rotatable bonds is 7. The van der Waals surface area contributed by atoms with Crippen molar-refractivity contribution in [1.82, 2.24) is 9.80 Å². The summed E-state index contributed by atoms with van der Waals surface area (Å²) in [4.78, 5) is 41.4. The maximum Gasteiger partial charge on any atom is 0.337 e. The third-order valence-corrected chi connectivity index (χ3v) is 5.84. The number of carbonyl (C=O) groups excluding carboxylic acids is 3. The Morgan fingerprint density at radius 2 is 1.76 bits per heavy atom. The number of Topliss-reactive ketones (excluding diaryl/α,β-unsaturated/α-hetero) is 1. The predicted molar refractivity (Wildman–Crippen MR) is 123 cm³/mol. The highest BCUT2D eigenvalue weighted by molar-refractivity contribution is 6.46. The van der Waals surface area contributed by atoms with Crippen LogP contribution < -0.4 is 9.47 Å². The predicted octanol–water partition coefficient (Wildman–Crippen LogP) is 2.58. The van der Waals surface area contributed by atoms with Crippen molar-refractivity contribution >= 4 is 23.4 Å². The second-order valence-electron chi connectivity index (χ2n) is 8.33. The van der Waals surface area contributed by atoms with Crippen LogP contribution in [0.1, 0.15) is 33.9 Å². The van der Waals surface area contributed by atoms with Crippen molar-refractivity contribution in [3.05, 3.63) is 64.7 Å². The molecule has 1 saturated heterocycles. The van der Waals surface area contributed by atoms with Crippen LogP contribution in [0.3, 0.4) is 0 Å². The zero-order valence-electron chi connectivity index (χ0n) is 19.2. The monoisotopic (exact) mass is 466 g/mol. The Morgan fingerprint density at radius 1 is 1.09 bits per heavy atom. The van der Waals surface area contributed by atoms with Gasteiger partial charge in [0.2, 0.25) is 6.79 Å². The smallest absolute Gasteiger partial charge is 0.337 e. The van der Waals surface area contributed by atoms with Crippen LogP contribution in [0.15, 0.2) is 48.0 Å². The van der Waals surface area contributed by atoms with Crippen LogP contribution >= 0.6 is 0 Å². The first-order valence-corrected chi connectivity index (χ1v) is 10.8. The first-order valence-electron chi connectivity index (χ1n) is 10.8. The lowest BCUT2D eigenvalue weighted by molar-refractivity contribution is -0.139. The summed E-state index contributed by atoms with van der Waals surface area (Å²) in [6.07, 6.45) is 0.640. The molecule has 0 aliphatic carbocycles. The van der Waals surface area contributed by atoms with Gasteiger partial charge in [0.25, 0.3) is 11.7 Å². The van der Waals surface area contributed by atoms with Crippen LogP contribution in [0, 0.1) is 0 Å². The highest BCUT2D eigenvalue weighted by Crippen LogP contribution is 2.41. The molecule has 2 aromatic carbocycles. The number of benzene rings is 2. The molecule has 1 atom stereocenters. The number of aliphatic hydroxyl groups excluding tert-OH is 1. The van der Waals surface area contributed by atoms with Crippen molar-refractivity contribution in [2.45, 2.75) is 12.5 Å². The molecule has 0 radical (unpaired) electrons. The lowest BCUT2D eigenvalue weighted by atomic mass is 9.94. The second kappa shape index (κ2) is 9.56. The number of carbonyl (C=O) groups is 3. The maximum atomic E-state index is 13.1. The van der Waals surface area contributed by atoms with E-state index < -0.39 is 23.7 Å². The van der Waals surface area contributed by atoms with E-state index in [2.05, 4.69) is 0 Å². The van der Waals surface area contributed by atoms with Crippen molar-refractivity contribution in [1.29, 1.82) is 0 Å². The number of likely N-dealkylation sites (tertiary alicyclic amines) is 1. The van der Waals surface area contributed by atoms with E-state index in [1.165, 1.54) is 12.0 Å². The molecule has 0 aromatic heterocycles. The Hall–Kier alpha value is -3.85. The van der Waals surface area contributed by atoms with Crippen LogP contribution in [0.5, 0.6) is 11.5 Å². The lowest BCUT2D eigenvalue weighted by Crippen LogP contribution is -2.32. The van der Waals surface area contributed by atoms with Gasteiger partial charge in [-0.3, -0.25) is 9.59 Å². The number of hydrogen-bond donors (Lipinski definition) is 1. The molecule has 2 aliphatic rings. The highest BCUT2D eigenvalue weighted by atomic mass is 16.7. The van der Waals surface area contributed by atoms with Gasteiger partial charge in [-0.1, -0.05) is 12.1 Å². The molecule has 1 fully saturated rings. The van der Waals surface area contributed by atoms with E-state index in [0.717, 1.165) is 6.54 Å². The van der Waals surface area contributed by atoms with E-state index in [9.17, 15) is 19.5 Å². The third-order valence-electron chi connectivity index (χ3n) is 5.84. The van der Waals surface area contributed by atoms with Crippen LogP contribution in [0.4, 0.5) is 0 Å². The number of nitrogens with zero attached hydrogens (tertiary/aromatic N) is 2. The SMILES string of the molecule is COC(=O)c1ccc(C2/C(=C(\O)c3ccc4c(c3)OCO4)C(=O)C(=O)N2CCCN(C)C)cc1. The standard InChI is InChI=1S/C25H26N2O7/c1-26(2)11-4-12-27-21(15-5-7-16(8-6-15)25(31)32-3)20(23(29)24(27)30)22(28)17-9-10-18-19(13-17)34-14-33-18/h5-10,13,21,28H,4,11-12,14H2,1-3H3/b22-20+. The van der Waals surface area contributed by atoms with Gasteiger partial charge in [-0.25, -0.2) is 4.79 Å². The van der Waals surface area contributed by atoms with Gasteiger partial charge in [0, 0.05) is 12.1 Å². The van der Waals surface area contributed by atoms with Gasteiger partial charge in [0.1, 0.15) is 5.76 Å². The van der Waals surface area contributed by atoms with Crippen LogP contribution in [-0.4, -0.2) is 73.7 Å². The van der Waals surface area contributed by atoms with Crippen LogP contribution in [-0.2, 0) is 14.3 Å². The van der Waals surface area contributed by atoms with E-state index in [4.69, 9.17) is 14.2 Å². The van der Waals surface area contributed by atoms with E-state index in [1.807, 2.05) is 19.0 Å². The van der Waals surface area contributed by atoms with Gasteiger partial charge in [-0.15, -0.1) is 0 Å². The molecule has 9 heteroatoms. The van der Waals surface area contributed by atoms with Crippen LogP contribution in [0.25, 0.3) is 5.76 Å². The quantitative estimate of drug-likeness (QED) is 0.287. The molecule has 9 nitrogen and oxygen atoms in total. The normalized spacial score (nSPS) is 18.6. The van der Waals surface area contributed by atoms with Crippen molar-refractivity contribution in [3.63, 3.8) is 0 Å².